The maximum absolute atomic E-state index is 13.6. The Morgan fingerprint density at radius 2 is 0.685 bits per heavy atom. The van der Waals surface area contributed by atoms with Crippen molar-refractivity contribution in [1.82, 2.24) is 76.6 Å². The van der Waals surface area contributed by atoms with Crippen molar-refractivity contribution < 1.29 is 28.8 Å². The highest BCUT2D eigenvalue weighted by atomic mass is 16.2. The third-order valence-electron chi connectivity index (χ3n) is 11.4. The second-order valence-corrected chi connectivity index (χ2v) is 17.0. The summed E-state index contributed by atoms with van der Waals surface area (Å²) in [7, 11) is 0. The van der Waals surface area contributed by atoms with Gasteiger partial charge in [-0.2, -0.15) is 0 Å². The molecule has 3 aromatic carbocycles. The fourth-order valence-corrected chi connectivity index (χ4v) is 7.75. The van der Waals surface area contributed by atoms with Crippen LogP contribution in [0.25, 0.3) is 0 Å². The predicted molar refractivity (Wildman–Crippen MR) is 264 cm³/mol. The number of amides is 6. The van der Waals surface area contributed by atoms with E-state index in [0.717, 1.165) is 16.7 Å². The van der Waals surface area contributed by atoms with Gasteiger partial charge in [-0.25, -0.2) is 14.0 Å². The Morgan fingerprint density at radius 3 is 0.918 bits per heavy atom. The highest BCUT2D eigenvalue weighted by Gasteiger charge is 2.25. The number of nitrogens with zero attached hydrogens (tertiary/aromatic N) is 12. The average molecular weight is 1000 g/mol. The molecular weight excluding hydrogens is 943 g/mol. The number of hydrogen-bond acceptors (Lipinski definition) is 18. The number of benzene rings is 3. The molecule has 0 aliphatic rings. The number of aromatic nitrogens is 12. The minimum Gasteiger partial charge on any atom is -0.343 e. The first kappa shape index (κ1) is 53.9. The number of carbonyl (C=O) groups excluding carboxylic acids is 6. The molecule has 6 amide bonds. The Bertz CT molecular complexity index is 2340. The van der Waals surface area contributed by atoms with Gasteiger partial charge in [0.2, 0.25) is 35.4 Å². The third kappa shape index (κ3) is 17.4. The van der Waals surface area contributed by atoms with Crippen LogP contribution in [0.1, 0.15) is 80.4 Å². The van der Waals surface area contributed by atoms with Gasteiger partial charge in [0.1, 0.15) is 56.7 Å². The first-order valence-electron chi connectivity index (χ1n) is 23.8. The van der Waals surface area contributed by atoms with E-state index in [0.29, 0.717) is 94.5 Å². The van der Waals surface area contributed by atoms with Crippen LogP contribution in [0, 0.1) is 0 Å². The van der Waals surface area contributed by atoms with E-state index < -0.39 is 59.5 Å². The van der Waals surface area contributed by atoms with Crippen LogP contribution in [-0.4, -0.2) is 134 Å². The summed E-state index contributed by atoms with van der Waals surface area (Å²) in [5, 5.41) is 49.6. The SMILES string of the molecule is NCCCC[C@H](NC(=O)Cn1cnnn1)C(=O)Nc1ccc(C(c2ccc(NC(=O)[C@H](CCCCN)NC(=O)Cn3cnnn3)cc2)c2ccc(NC(=O)[C@H](CCCCN)NC(=O)Cn3cnnn3)cc2)cc1. The summed E-state index contributed by atoms with van der Waals surface area (Å²) in [5.74, 6) is -2.96. The molecular formula is C46H61N21O6. The van der Waals surface area contributed by atoms with Gasteiger partial charge in [-0.15, -0.1) is 15.3 Å². The van der Waals surface area contributed by atoms with Crippen molar-refractivity contribution in [3.63, 3.8) is 0 Å². The quantitative estimate of drug-likeness (QED) is 0.0204. The molecule has 12 N–H and O–H groups in total. The standard InChI is InChI=1S/C46H61N21O6/c47-22-4-1-7-37(56-40(68)25-65-28-50-59-62-65)44(71)53-34-16-10-31(11-17-34)43(32-12-18-35(19-13-32)54-45(72)38(8-2-5-23-48)57-41(69)26-66-29-51-60-63-66)33-14-20-36(21-15-33)55-46(73)39(9-3-6-24-49)58-42(70)27-67-30-52-61-64-67/h10-21,28-30,37-39,43H,1-9,22-27,47-49H2,(H,53,71)(H,54,72)(H,55,73)(H,56,68)(H,57,69)(H,58,70)/t37-,38-,39-/m0/s1. The lowest BCUT2D eigenvalue weighted by Crippen LogP contribution is -2.45. The third-order valence-corrected chi connectivity index (χ3v) is 11.4. The normalized spacial score (nSPS) is 12.3. The van der Waals surface area contributed by atoms with Crippen molar-refractivity contribution >= 4 is 52.5 Å². The number of nitrogens with two attached hydrogens (primary N) is 3. The maximum Gasteiger partial charge on any atom is 0.246 e. The smallest absolute Gasteiger partial charge is 0.246 e. The zero-order valence-electron chi connectivity index (χ0n) is 40.1. The molecule has 6 rings (SSSR count). The Morgan fingerprint density at radius 1 is 0.411 bits per heavy atom. The van der Waals surface area contributed by atoms with Crippen molar-refractivity contribution in [3.05, 3.63) is 108 Å². The van der Waals surface area contributed by atoms with Crippen molar-refractivity contribution in [1.29, 1.82) is 0 Å². The summed E-state index contributed by atoms with van der Waals surface area (Å²) in [6.07, 6.45) is 8.79. The van der Waals surface area contributed by atoms with Crippen LogP contribution < -0.4 is 49.1 Å². The van der Waals surface area contributed by atoms with E-state index in [1.165, 1.54) is 33.0 Å². The van der Waals surface area contributed by atoms with Crippen LogP contribution in [0.2, 0.25) is 0 Å². The largest absolute Gasteiger partial charge is 0.343 e. The van der Waals surface area contributed by atoms with Crippen molar-refractivity contribution in [2.75, 3.05) is 35.6 Å². The van der Waals surface area contributed by atoms with Gasteiger partial charge >= 0.3 is 0 Å². The van der Waals surface area contributed by atoms with Crippen molar-refractivity contribution in [2.45, 2.75) is 101 Å². The first-order valence-corrected chi connectivity index (χ1v) is 23.8. The molecule has 27 nitrogen and oxygen atoms in total. The molecule has 0 bridgehead atoms. The second-order valence-electron chi connectivity index (χ2n) is 17.0. The summed E-state index contributed by atoms with van der Waals surface area (Å²) in [4.78, 5) is 79.5. The number of unbranched alkanes of at least 4 members (excludes halogenated alkanes) is 3. The predicted octanol–water partition coefficient (Wildman–Crippen LogP) is -0.416. The van der Waals surface area contributed by atoms with Gasteiger partial charge in [0, 0.05) is 23.0 Å². The molecule has 6 aromatic rings. The lowest BCUT2D eigenvalue weighted by Gasteiger charge is -2.22. The molecule has 3 aromatic heterocycles. The highest BCUT2D eigenvalue weighted by molar-refractivity contribution is 5.98. The van der Waals surface area contributed by atoms with Crippen LogP contribution in [0.5, 0.6) is 0 Å². The number of tetrazole rings is 3. The van der Waals surface area contributed by atoms with Gasteiger partial charge < -0.3 is 49.1 Å². The molecule has 3 atom stereocenters. The van der Waals surface area contributed by atoms with Gasteiger partial charge in [-0.05, 0) is 162 Å². The minimum absolute atomic E-state index is 0.166. The number of hydrogen-bond donors (Lipinski definition) is 9. The van der Waals surface area contributed by atoms with E-state index in [1.54, 1.807) is 36.4 Å². The number of anilines is 3. The molecule has 0 aliphatic heterocycles. The Balaban J connectivity index is 1.21. The van der Waals surface area contributed by atoms with Gasteiger partial charge in [0.15, 0.2) is 0 Å². The van der Waals surface area contributed by atoms with Gasteiger partial charge in [-0.1, -0.05) is 36.4 Å². The second kappa shape index (κ2) is 28.4. The minimum atomic E-state index is -0.856. The zero-order chi connectivity index (χ0) is 51.8. The number of carbonyl (C=O) groups is 6. The van der Waals surface area contributed by atoms with Crippen LogP contribution in [0.3, 0.4) is 0 Å². The molecule has 0 saturated heterocycles. The van der Waals surface area contributed by atoms with Gasteiger partial charge in [0.05, 0.1) is 0 Å². The summed E-state index contributed by atoms with van der Waals surface area (Å²) in [6, 6.07) is 19.3. The molecule has 0 unspecified atom stereocenters. The van der Waals surface area contributed by atoms with Crippen molar-refractivity contribution in [2.24, 2.45) is 17.2 Å². The molecule has 27 heteroatoms. The van der Waals surface area contributed by atoms with Crippen LogP contribution >= 0.6 is 0 Å². The molecule has 0 aliphatic carbocycles. The highest BCUT2D eigenvalue weighted by Crippen LogP contribution is 2.34. The van der Waals surface area contributed by atoms with Crippen molar-refractivity contribution in [3.8, 4) is 0 Å². The van der Waals surface area contributed by atoms with E-state index in [4.69, 9.17) is 17.2 Å². The summed E-state index contributed by atoms with van der Waals surface area (Å²) in [6.45, 7) is 0.808. The molecule has 386 valence electrons. The molecule has 0 saturated carbocycles. The lowest BCUT2D eigenvalue weighted by molar-refractivity contribution is -0.127. The average Bonchev–Trinajstić information content (AvgIpc) is 4.21. The van der Waals surface area contributed by atoms with E-state index in [9.17, 15) is 28.8 Å². The molecule has 0 spiro atoms. The fraction of sp³-hybridized carbons (Fsp3) is 0.413. The zero-order valence-corrected chi connectivity index (χ0v) is 40.1. The van der Waals surface area contributed by atoms with Crippen LogP contribution in [0.15, 0.2) is 91.8 Å². The molecule has 0 fully saturated rings. The number of rotatable bonds is 30. The summed E-state index contributed by atoms with van der Waals surface area (Å²) in [5.41, 5.74) is 21.1. The maximum atomic E-state index is 13.6. The van der Waals surface area contributed by atoms with E-state index in [2.05, 4.69) is 78.5 Å². The topological polar surface area (TPSA) is 383 Å². The van der Waals surface area contributed by atoms with Gasteiger partial charge in [0.25, 0.3) is 0 Å². The molecule has 3 heterocycles. The van der Waals surface area contributed by atoms with E-state index in [1.807, 2.05) is 36.4 Å². The first-order chi connectivity index (χ1) is 35.5. The molecule has 73 heavy (non-hydrogen) atoms. The Kier molecular flexibility index (Phi) is 21.0. The van der Waals surface area contributed by atoms with Gasteiger partial charge in [-0.3, -0.25) is 28.8 Å². The van der Waals surface area contributed by atoms with Crippen LogP contribution in [-0.2, 0) is 48.4 Å². The fourth-order valence-electron chi connectivity index (χ4n) is 7.75. The van der Waals surface area contributed by atoms with Crippen LogP contribution in [0.4, 0.5) is 17.1 Å². The lowest BCUT2D eigenvalue weighted by atomic mass is 9.85. The molecule has 0 radical (unpaired) electrons. The summed E-state index contributed by atoms with van der Waals surface area (Å²) >= 11 is 0. The number of nitrogens with one attached hydrogen (secondary N) is 6. The summed E-state index contributed by atoms with van der Waals surface area (Å²) < 4.78 is 3.76. The Hall–Kier alpha value is -8.43. The van der Waals surface area contributed by atoms with E-state index in [-0.39, 0.29) is 19.6 Å². The monoisotopic (exact) mass is 1000 g/mol. The van der Waals surface area contributed by atoms with E-state index >= 15 is 0 Å². The Labute approximate surface area is 419 Å².